The molecular formula is C17H13NO2S. The van der Waals surface area contributed by atoms with Crippen LogP contribution in [0.5, 0.6) is 0 Å². The van der Waals surface area contributed by atoms with E-state index >= 15 is 0 Å². The Labute approximate surface area is 127 Å². The van der Waals surface area contributed by atoms with Crippen LogP contribution in [-0.4, -0.2) is 17.9 Å². The fourth-order valence-corrected chi connectivity index (χ4v) is 2.49. The van der Waals surface area contributed by atoms with E-state index in [1.54, 1.807) is 11.8 Å². The highest BCUT2D eigenvalue weighted by molar-refractivity contribution is 7.98. The summed E-state index contributed by atoms with van der Waals surface area (Å²) in [4.78, 5) is 17.9. The van der Waals surface area contributed by atoms with E-state index < -0.39 is 5.97 Å². The lowest BCUT2D eigenvalue weighted by Crippen LogP contribution is -2.06. The number of oxime groups is 1. The van der Waals surface area contributed by atoms with Gasteiger partial charge in [0.15, 0.2) is 0 Å². The Hall–Kier alpha value is -2.33. The molecule has 0 unspecified atom stereocenters. The Morgan fingerprint density at radius 1 is 1.05 bits per heavy atom. The first kappa shape index (κ1) is 13.6. The van der Waals surface area contributed by atoms with Gasteiger partial charge < -0.3 is 4.84 Å². The van der Waals surface area contributed by atoms with Crippen LogP contribution in [0.15, 0.2) is 70.2 Å². The zero-order valence-corrected chi connectivity index (χ0v) is 12.3. The molecule has 0 bridgehead atoms. The molecule has 3 nitrogen and oxygen atoms in total. The van der Waals surface area contributed by atoms with Gasteiger partial charge in [-0.3, -0.25) is 0 Å². The molecule has 0 aliphatic carbocycles. The maximum absolute atomic E-state index is 11.9. The van der Waals surface area contributed by atoms with Crippen LogP contribution in [0.4, 0.5) is 0 Å². The average molecular weight is 295 g/mol. The van der Waals surface area contributed by atoms with Crippen LogP contribution in [0.25, 0.3) is 6.08 Å². The minimum Gasteiger partial charge on any atom is -0.312 e. The summed E-state index contributed by atoms with van der Waals surface area (Å²) < 4.78 is 0. The topological polar surface area (TPSA) is 38.7 Å². The van der Waals surface area contributed by atoms with Crippen molar-refractivity contribution < 1.29 is 9.63 Å². The number of carbonyl (C=O) groups excluding carboxylic acids is 1. The predicted octanol–water partition coefficient (Wildman–Crippen LogP) is 3.75. The largest absolute Gasteiger partial charge is 0.368 e. The quantitative estimate of drug-likeness (QED) is 0.492. The van der Waals surface area contributed by atoms with Crippen LogP contribution >= 0.6 is 11.8 Å². The van der Waals surface area contributed by atoms with Gasteiger partial charge in [-0.15, -0.1) is 11.8 Å². The second kappa shape index (κ2) is 5.97. The predicted molar refractivity (Wildman–Crippen MR) is 85.3 cm³/mol. The van der Waals surface area contributed by atoms with Gasteiger partial charge in [-0.25, -0.2) is 4.79 Å². The summed E-state index contributed by atoms with van der Waals surface area (Å²) in [7, 11) is 0. The Balaban J connectivity index is 1.96. The first-order valence-corrected chi connectivity index (χ1v) is 7.71. The van der Waals surface area contributed by atoms with Crippen LogP contribution in [0.1, 0.15) is 11.1 Å². The van der Waals surface area contributed by atoms with E-state index in [1.165, 1.54) is 4.90 Å². The molecule has 1 aliphatic rings. The average Bonchev–Trinajstić information content (AvgIpc) is 2.90. The van der Waals surface area contributed by atoms with Gasteiger partial charge in [0.05, 0.1) is 5.57 Å². The molecule has 0 spiro atoms. The summed E-state index contributed by atoms with van der Waals surface area (Å²) in [6, 6.07) is 17.6. The number of hydrogen-bond donors (Lipinski definition) is 0. The van der Waals surface area contributed by atoms with Crippen molar-refractivity contribution in [2.75, 3.05) is 6.26 Å². The molecule has 0 saturated carbocycles. The third-order valence-corrected chi connectivity index (χ3v) is 3.91. The standard InChI is InChI=1S/C17H13NO2S/c1-21-14-9-7-12(8-10-14)11-15-16(18-20-17(15)19)13-5-3-2-4-6-13/h2-11H,1H3/b15-11+. The monoisotopic (exact) mass is 295 g/mol. The lowest BCUT2D eigenvalue weighted by atomic mass is 10.0. The number of hydrogen-bond acceptors (Lipinski definition) is 4. The van der Waals surface area contributed by atoms with Gasteiger partial charge in [-0.05, 0) is 30.0 Å². The molecule has 0 saturated heterocycles. The number of benzene rings is 2. The lowest BCUT2D eigenvalue weighted by molar-refractivity contribution is -0.136. The van der Waals surface area contributed by atoms with Crippen LogP contribution in [0.2, 0.25) is 0 Å². The first-order valence-electron chi connectivity index (χ1n) is 6.49. The molecule has 3 rings (SSSR count). The second-order valence-corrected chi connectivity index (χ2v) is 5.40. The van der Waals surface area contributed by atoms with E-state index in [0.29, 0.717) is 11.3 Å². The minimum absolute atomic E-state index is 0.414. The molecule has 1 aliphatic heterocycles. The zero-order chi connectivity index (χ0) is 14.7. The summed E-state index contributed by atoms with van der Waals surface area (Å²) in [5.74, 6) is -0.414. The van der Waals surface area contributed by atoms with Gasteiger partial charge in [0.2, 0.25) is 0 Å². The van der Waals surface area contributed by atoms with Crippen molar-refractivity contribution in [3.63, 3.8) is 0 Å². The van der Waals surface area contributed by atoms with Crippen molar-refractivity contribution in [2.45, 2.75) is 4.90 Å². The first-order chi connectivity index (χ1) is 10.3. The van der Waals surface area contributed by atoms with Gasteiger partial charge in [-0.2, -0.15) is 0 Å². The molecular weight excluding hydrogens is 282 g/mol. The summed E-state index contributed by atoms with van der Waals surface area (Å²) in [6.45, 7) is 0. The van der Waals surface area contributed by atoms with Crippen LogP contribution < -0.4 is 0 Å². The molecule has 0 aromatic heterocycles. The van der Waals surface area contributed by atoms with Crippen LogP contribution in [0, 0.1) is 0 Å². The van der Waals surface area contributed by atoms with Gasteiger partial charge in [0.1, 0.15) is 5.71 Å². The Bertz CT molecular complexity index is 718. The molecule has 2 aromatic rings. The fourth-order valence-electron chi connectivity index (χ4n) is 2.08. The summed E-state index contributed by atoms with van der Waals surface area (Å²) in [5.41, 5.74) is 2.88. The maximum Gasteiger partial charge on any atom is 0.368 e. The van der Waals surface area contributed by atoms with Crippen molar-refractivity contribution in [3.05, 3.63) is 71.3 Å². The van der Waals surface area contributed by atoms with E-state index in [4.69, 9.17) is 4.84 Å². The van der Waals surface area contributed by atoms with Crippen molar-refractivity contribution in [1.29, 1.82) is 0 Å². The van der Waals surface area contributed by atoms with Crippen LogP contribution in [0.3, 0.4) is 0 Å². The van der Waals surface area contributed by atoms with Gasteiger partial charge in [0, 0.05) is 10.5 Å². The van der Waals surface area contributed by atoms with E-state index in [-0.39, 0.29) is 0 Å². The highest BCUT2D eigenvalue weighted by Gasteiger charge is 2.26. The summed E-state index contributed by atoms with van der Waals surface area (Å²) in [6.07, 6.45) is 3.84. The zero-order valence-electron chi connectivity index (χ0n) is 11.4. The van der Waals surface area contributed by atoms with Gasteiger partial charge >= 0.3 is 5.97 Å². The van der Waals surface area contributed by atoms with Crippen LogP contribution in [-0.2, 0) is 9.63 Å². The fraction of sp³-hybridized carbons (Fsp3) is 0.0588. The highest BCUT2D eigenvalue weighted by Crippen LogP contribution is 2.22. The van der Waals surface area contributed by atoms with Crippen molar-refractivity contribution in [1.82, 2.24) is 0 Å². The SMILES string of the molecule is CSc1ccc(/C=C2/C(=O)ON=C2c2ccccc2)cc1. The van der Waals surface area contributed by atoms with E-state index in [2.05, 4.69) is 5.16 Å². The van der Waals surface area contributed by atoms with E-state index in [0.717, 1.165) is 11.1 Å². The summed E-state index contributed by atoms with van der Waals surface area (Å²) in [5, 5.41) is 3.89. The molecule has 1 heterocycles. The summed E-state index contributed by atoms with van der Waals surface area (Å²) >= 11 is 1.68. The highest BCUT2D eigenvalue weighted by atomic mass is 32.2. The van der Waals surface area contributed by atoms with Crippen molar-refractivity contribution in [2.24, 2.45) is 5.16 Å². The third kappa shape index (κ3) is 2.90. The molecule has 2 aromatic carbocycles. The second-order valence-electron chi connectivity index (χ2n) is 4.52. The van der Waals surface area contributed by atoms with E-state index in [9.17, 15) is 4.79 Å². The van der Waals surface area contributed by atoms with Crippen molar-refractivity contribution in [3.8, 4) is 0 Å². The molecule has 4 heteroatoms. The van der Waals surface area contributed by atoms with Gasteiger partial charge in [-0.1, -0.05) is 47.6 Å². The molecule has 0 N–H and O–H groups in total. The molecule has 0 radical (unpaired) electrons. The number of carbonyl (C=O) groups is 1. The molecule has 21 heavy (non-hydrogen) atoms. The Morgan fingerprint density at radius 2 is 1.76 bits per heavy atom. The minimum atomic E-state index is -0.414. The molecule has 0 fully saturated rings. The van der Waals surface area contributed by atoms with Gasteiger partial charge in [0.25, 0.3) is 0 Å². The Morgan fingerprint density at radius 3 is 2.43 bits per heavy atom. The molecule has 0 atom stereocenters. The normalized spacial score (nSPS) is 16.0. The number of rotatable bonds is 3. The molecule has 104 valence electrons. The molecule has 0 amide bonds. The number of thioether (sulfide) groups is 1. The third-order valence-electron chi connectivity index (χ3n) is 3.17. The smallest absolute Gasteiger partial charge is 0.312 e. The number of nitrogens with zero attached hydrogens (tertiary/aromatic N) is 1. The lowest BCUT2D eigenvalue weighted by Gasteiger charge is -2.01. The Kier molecular flexibility index (Phi) is 3.88. The van der Waals surface area contributed by atoms with E-state index in [1.807, 2.05) is 66.9 Å². The maximum atomic E-state index is 11.9. The van der Waals surface area contributed by atoms with Crippen molar-refractivity contribution >= 4 is 29.5 Å².